The zero-order chi connectivity index (χ0) is 16.0. The Kier molecular flexibility index (Phi) is 6.98. The van der Waals surface area contributed by atoms with Crippen LogP contribution in [0.25, 0.3) is 0 Å². The van der Waals surface area contributed by atoms with Crippen LogP contribution in [0.5, 0.6) is 11.5 Å². The molecular formula is C15H23BrN2O3. The van der Waals surface area contributed by atoms with E-state index in [2.05, 4.69) is 27.8 Å². The number of methoxy groups -OCH3 is 1. The summed E-state index contributed by atoms with van der Waals surface area (Å²) in [4.78, 5) is 15.5. The Morgan fingerprint density at radius 2 is 2.05 bits per heavy atom. The van der Waals surface area contributed by atoms with Gasteiger partial charge in [0.25, 0.3) is 0 Å². The molecule has 21 heavy (non-hydrogen) atoms. The van der Waals surface area contributed by atoms with Crippen molar-refractivity contribution in [1.82, 2.24) is 9.80 Å². The molecule has 0 unspecified atom stereocenters. The Bertz CT molecular complexity index is 492. The normalized spacial score (nSPS) is 10.8. The first-order chi connectivity index (χ1) is 9.88. The van der Waals surface area contributed by atoms with E-state index < -0.39 is 0 Å². The zero-order valence-corrected chi connectivity index (χ0v) is 14.6. The second-order valence-corrected chi connectivity index (χ2v) is 5.98. The van der Waals surface area contributed by atoms with Gasteiger partial charge in [0.1, 0.15) is 0 Å². The summed E-state index contributed by atoms with van der Waals surface area (Å²) in [6.45, 7) is 3.92. The molecule has 0 heterocycles. The van der Waals surface area contributed by atoms with Gasteiger partial charge in [-0.25, -0.2) is 0 Å². The smallest absolute Gasteiger partial charge is 0.236 e. The number of ether oxygens (including phenoxy) is 1. The van der Waals surface area contributed by atoms with Gasteiger partial charge in [0.05, 0.1) is 18.1 Å². The van der Waals surface area contributed by atoms with E-state index in [1.807, 2.05) is 6.07 Å². The van der Waals surface area contributed by atoms with Crippen LogP contribution < -0.4 is 4.74 Å². The van der Waals surface area contributed by atoms with E-state index in [9.17, 15) is 9.90 Å². The lowest BCUT2D eigenvalue weighted by atomic mass is 10.2. The molecule has 0 aliphatic heterocycles. The average Bonchev–Trinajstić information content (AvgIpc) is 2.42. The predicted molar refractivity (Wildman–Crippen MR) is 86.6 cm³/mol. The van der Waals surface area contributed by atoms with E-state index in [0.29, 0.717) is 23.3 Å². The lowest BCUT2D eigenvalue weighted by Gasteiger charge is -2.23. The summed E-state index contributed by atoms with van der Waals surface area (Å²) in [6.07, 6.45) is 0.969. The summed E-state index contributed by atoms with van der Waals surface area (Å²) in [5.74, 6) is 0.593. The lowest BCUT2D eigenvalue weighted by molar-refractivity contribution is -0.130. The SMILES string of the molecule is CCCN(CC(=O)N(C)C)Cc1cc(Br)c(O)c(OC)c1. The molecule has 1 aromatic carbocycles. The summed E-state index contributed by atoms with van der Waals surface area (Å²) in [5.41, 5.74) is 0.983. The minimum Gasteiger partial charge on any atom is -0.503 e. The first-order valence-corrected chi connectivity index (χ1v) is 7.66. The highest BCUT2D eigenvalue weighted by molar-refractivity contribution is 9.10. The molecule has 0 bridgehead atoms. The van der Waals surface area contributed by atoms with Crippen LogP contribution in [-0.2, 0) is 11.3 Å². The van der Waals surface area contributed by atoms with Crippen LogP contribution in [0.2, 0.25) is 0 Å². The quantitative estimate of drug-likeness (QED) is 0.813. The highest BCUT2D eigenvalue weighted by Crippen LogP contribution is 2.35. The predicted octanol–water partition coefficient (Wildman–Crippen LogP) is 2.46. The third kappa shape index (κ3) is 5.21. The number of halogens is 1. The van der Waals surface area contributed by atoms with Gasteiger partial charge in [0.15, 0.2) is 11.5 Å². The maximum absolute atomic E-state index is 11.9. The van der Waals surface area contributed by atoms with Crippen LogP contribution in [0.3, 0.4) is 0 Å². The van der Waals surface area contributed by atoms with Gasteiger partial charge in [-0.15, -0.1) is 0 Å². The van der Waals surface area contributed by atoms with Gasteiger partial charge in [-0.1, -0.05) is 6.92 Å². The fourth-order valence-corrected chi connectivity index (χ4v) is 2.48. The molecule has 0 aromatic heterocycles. The first-order valence-electron chi connectivity index (χ1n) is 6.86. The number of hydrogen-bond acceptors (Lipinski definition) is 4. The molecule has 0 fully saturated rings. The van der Waals surface area contributed by atoms with E-state index in [-0.39, 0.29) is 11.7 Å². The summed E-state index contributed by atoms with van der Waals surface area (Å²) in [7, 11) is 5.03. The minimum absolute atomic E-state index is 0.0771. The third-order valence-electron chi connectivity index (χ3n) is 3.11. The maximum atomic E-state index is 11.9. The zero-order valence-electron chi connectivity index (χ0n) is 13.0. The van der Waals surface area contributed by atoms with Gasteiger partial charge >= 0.3 is 0 Å². The van der Waals surface area contributed by atoms with Crippen molar-refractivity contribution >= 4 is 21.8 Å². The second-order valence-electron chi connectivity index (χ2n) is 5.13. The third-order valence-corrected chi connectivity index (χ3v) is 3.72. The summed E-state index contributed by atoms with van der Waals surface area (Å²) >= 11 is 3.32. The number of rotatable bonds is 7. The number of hydrogen-bond donors (Lipinski definition) is 1. The molecule has 0 aliphatic carbocycles. The molecule has 0 saturated heterocycles. The van der Waals surface area contributed by atoms with Crippen LogP contribution in [-0.4, -0.2) is 55.1 Å². The van der Waals surface area contributed by atoms with Gasteiger partial charge in [0.2, 0.25) is 5.91 Å². The van der Waals surface area contributed by atoms with E-state index in [1.165, 1.54) is 7.11 Å². The summed E-state index contributed by atoms with van der Waals surface area (Å²) in [5, 5.41) is 9.83. The second kappa shape index (κ2) is 8.24. The van der Waals surface area contributed by atoms with Crippen molar-refractivity contribution in [2.45, 2.75) is 19.9 Å². The van der Waals surface area contributed by atoms with Crippen LogP contribution in [0.4, 0.5) is 0 Å². The molecule has 6 heteroatoms. The molecule has 1 N–H and O–H groups in total. The van der Waals surface area contributed by atoms with Crippen LogP contribution in [0.15, 0.2) is 16.6 Å². The van der Waals surface area contributed by atoms with Gasteiger partial charge in [-0.2, -0.15) is 0 Å². The maximum Gasteiger partial charge on any atom is 0.236 e. The van der Waals surface area contributed by atoms with Crippen molar-refractivity contribution in [3.8, 4) is 11.5 Å². The Hall–Kier alpha value is -1.27. The number of amides is 1. The fourth-order valence-electron chi connectivity index (χ4n) is 2.00. The summed E-state index contributed by atoms with van der Waals surface area (Å²) in [6, 6.07) is 3.64. The van der Waals surface area contributed by atoms with Crippen molar-refractivity contribution in [2.75, 3.05) is 34.3 Å². The number of likely N-dealkylation sites (N-methyl/N-ethyl adjacent to an activating group) is 1. The average molecular weight is 359 g/mol. The summed E-state index contributed by atoms with van der Waals surface area (Å²) < 4.78 is 5.74. The molecule has 0 saturated carbocycles. The Labute approximate surface area is 134 Å². The number of carbonyl (C=O) groups excluding carboxylic acids is 1. The highest BCUT2D eigenvalue weighted by atomic mass is 79.9. The minimum atomic E-state index is 0.0771. The van der Waals surface area contributed by atoms with Crippen LogP contribution in [0, 0.1) is 0 Å². The lowest BCUT2D eigenvalue weighted by Crippen LogP contribution is -2.36. The number of phenols is 1. The molecule has 0 aliphatic rings. The van der Waals surface area contributed by atoms with Gasteiger partial charge in [-0.05, 0) is 46.6 Å². The molecule has 0 radical (unpaired) electrons. The van der Waals surface area contributed by atoms with Crippen LogP contribution >= 0.6 is 15.9 Å². The van der Waals surface area contributed by atoms with Crippen molar-refractivity contribution in [1.29, 1.82) is 0 Å². The van der Waals surface area contributed by atoms with Gasteiger partial charge in [0, 0.05) is 20.6 Å². The topological polar surface area (TPSA) is 53.0 Å². The van der Waals surface area contributed by atoms with Gasteiger partial charge < -0.3 is 14.7 Å². The van der Waals surface area contributed by atoms with Gasteiger partial charge in [-0.3, -0.25) is 9.69 Å². The fraction of sp³-hybridized carbons (Fsp3) is 0.533. The van der Waals surface area contributed by atoms with Crippen molar-refractivity contribution in [3.63, 3.8) is 0 Å². The van der Waals surface area contributed by atoms with Crippen molar-refractivity contribution in [2.24, 2.45) is 0 Å². The molecule has 1 aromatic rings. The standard InChI is InChI=1S/C15H23BrN2O3/c1-5-6-18(10-14(19)17(2)3)9-11-7-12(16)15(20)13(8-11)21-4/h7-8,20H,5-6,9-10H2,1-4H3. The molecule has 1 rings (SSSR count). The molecule has 1 amide bonds. The van der Waals surface area contributed by atoms with E-state index >= 15 is 0 Å². The van der Waals surface area contributed by atoms with E-state index in [4.69, 9.17) is 4.74 Å². The van der Waals surface area contributed by atoms with Crippen molar-refractivity contribution in [3.05, 3.63) is 22.2 Å². The first kappa shape index (κ1) is 17.8. The molecule has 118 valence electrons. The largest absolute Gasteiger partial charge is 0.503 e. The highest BCUT2D eigenvalue weighted by Gasteiger charge is 2.14. The molecule has 0 spiro atoms. The Morgan fingerprint density at radius 1 is 1.38 bits per heavy atom. The number of benzene rings is 1. The number of carbonyl (C=O) groups is 1. The van der Waals surface area contributed by atoms with E-state index in [0.717, 1.165) is 18.5 Å². The number of nitrogens with zero attached hydrogens (tertiary/aromatic N) is 2. The Balaban J connectivity index is 2.88. The molecule has 5 nitrogen and oxygen atoms in total. The van der Waals surface area contributed by atoms with E-state index in [1.54, 1.807) is 25.1 Å². The Morgan fingerprint density at radius 3 is 2.57 bits per heavy atom. The molecular weight excluding hydrogens is 336 g/mol. The number of phenolic OH excluding ortho intramolecular Hbond substituents is 1. The van der Waals surface area contributed by atoms with Crippen LogP contribution in [0.1, 0.15) is 18.9 Å². The number of aromatic hydroxyl groups is 1. The monoisotopic (exact) mass is 358 g/mol. The molecule has 0 atom stereocenters. The van der Waals surface area contributed by atoms with Crippen molar-refractivity contribution < 1.29 is 14.6 Å².